The molecule has 1 heterocycles. The van der Waals surface area contributed by atoms with Gasteiger partial charge < -0.3 is 10.6 Å². The number of rotatable bonds is 4. The van der Waals surface area contributed by atoms with Crippen LogP contribution in [0.25, 0.3) is 20.2 Å². The molecule has 0 unspecified atom stereocenters. The average Bonchev–Trinajstić information content (AvgIpc) is 3.16. The zero-order valence-corrected chi connectivity index (χ0v) is 19.4. The normalized spacial score (nSPS) is 11.0. The average molecular weight is 491 g/mol. The Hall–Kier alpha value is -3.38. The van der Waals surface area contributed by atoms with Crippen molar-refractivity contribution in [3.05, 3.63) is 106 Å². The summed E-state index contributed by atoms with van der Waals surface area (Å²) in [6.07, 6.45) is 0. The van der Waals surface area contributed by atoms with E-state index in [2.05, 4.69) is 10.6 Å². The van der Waals surface area contributed by atoms with Crippen molar-refractivity contribution in [2.45, 2.75) is 0 Å². The van der Waals surface area contributed by atoms with Crippen molar-refractivity contribution in [2.75, 3.05) is 10.6 Å². The first-order valence-electron chi connectivity index (χ1n) is 10.1. The van der Waals surface area contributed by atoms with Crippen LogP contribution in [-0.2, 0) is 0 Å². The van der Waals surface area contributed by atoms with Gasteiger partial charge in [0, 0.05) is 31.3 Å². The molecule has 0 spiro atoms. The van der Waals surface area contributed by atoms with Crippen LogP contribution < -0.4 is 10.6 Å². The molecule has 162 valence electrons. The largest absolute Gasteiger partial charge is 0.321 e. The minimum atomic E-state index is -0.230. The smallest absolute Gasteiger partial charge is 0.255 e. The lowest BCUT2D eigenvalue weighted by Crippen LogP contribution is -2.11. The van der Waals surface area contributed by atoms with E-state index in [9.17, 15) is 9.59 Å². The zero-order chi connectivity index (χ0) is 22.9. The highest BCUT2D eigenvalue weighted by atomic mass is 35.5. The fraction of sp³-hybridized carbons (Fsp3) is 0. The molecule has 33 heavy (non-hydrogen) atoms. The lowest BCUT2D eigenvalue weighted by molar-refractivity contribution is 0.101. The van der Waals surface area contributed by atoms with E-state index in [0.29, 0.717) is 32.5 Å². The van der Waals surface area contributed by atoms with E-state index in [1.807, 2.05) is 60.7 Å². The first-order chi connectivity index (χ1) is 16.0. The van der Waals surface area contributed by atoms with E-state index in [1.165, 1.54) is 11.3 Å². The number of fused-ring (bicyclic) bond motifs is 3. The number of hydrogen-bond donors (Lipinski definition) is 2. The van der Waals surface area contributed by atoms with Gasteiger partial charge in [0.15, 0.2) is 0 Å². The molecule has 0 radical (unpaired) electrons. The predicted molar refractivity (Wildman–Crippen MR) is 138 cm³/mol. The first-order valence-corrected chi connectivity index (χ1v) is 11.6. The number of carbonyl (C=O) groups is 2. The molecule has 0 bridgehead atoms. The minimum absolute atomic E-state index is 0.230. The highest BCUT2D eigenvalue weighted by Crippen LogP contribution is 2.41. The lowest BCUT2D eigenvalue weighted by atomic mass is 10.1. The third-order valence-corrected chi connectivity index (χ3v) is 6.96. The van der Waals surface area contributed by atoms with Crippen LogP contribution >= 0.6 is 34.5 Å². The Labute approximate surface area is 203 Å². The molecule has 0 atom stereocenters. The van der Waals surface area contributed by atoms with E-state index >= 15 is 0 Å². The van der Waals surface area contributed by atoms with Crippen LogP contribution in [0.5, 0.6) is 0 Å². The second-order valence-electron chi connectivity index (χ2n) is 7.40. The van der Waals surface area contributed by atoms with Gasteiger partial charge in [0.05, 0.1) is 21.4 Å². The Morgan fingerprint density at radius 3 is 1.39 bits per heavy atom. The highest BCUT2D eigenvalue weighted by molar-refractivity contribution is 7.25. The summed E-state index contributed by atoms with van der Waals surface area (Å²) >= 11 is 14.5. The maximum Gasteiger partial charge on any atom is 0.255 e. The van der Waals surface area contributed by atoms with Crippen molar-refractivity contribution in [1.82, 2.24) is 0 Å². The molecule has 0 fully saturated rings. The number of hydrogen-bond acceptors (Lipinski definition) is 3. The maximum absolute atomic E-state index is 12.6. The predicted octanol–water partition coefficient (Wildman–Crippen LogP) is 7.87. The number of anilines is 2. The Kier molecular flexibility index (Phi) is 5.77. The van der Waals surface area contributed by atoms with Crippen molar-refractivity contribution in [3.8, 4) is 0 Å². The van der Waals surface area contributed by atoms with Gasteiger partial charge in [-0.3, -0.25) is 9.59 Å². The zero-order valence-electron chi connectivity index (χ0n) is 17.1. The molecule has 2 N–H and O–H groups in total. The van der Waals surface area contributed by atoms with Gasteiger partial charge in [-0.1, -0.05) is 59.6 Å². The Bertz CT molecular complexity index is 1400. The fourth-order valence-electron chi connectivity index (χ4n) is 3.57. The van der Waals surface area contributed by atoms with Crippen molar-refractivity contribution in [1.29, 1.82) is 0 Å². The van der Waals surface area contributed by atoms with Crippen LogP contribution in [0.4, 0.5) is 11.4 Å². The minimum Gasteiger partial charge on any atom is -0.321 e. The molecule has 0 saturated heterocycles. The molecule has 0 aliphatic rings. The van der Waals surface area contributed by atoms with Gasteiger partial charge in [0.1, 0.15) is 0 Å². The SMILES string of the molecule is O=C(Nc1cc2sc3cc(NC(=O)c4ccccc4)c(Cl)cc3c2cc1Cl)c1ccccc1. The summed E-state index contributed by atoms with van der Waals surface area (Å²) in [5.41, 5.74) is 2.17. The van der Waals surface area contributed by atoms with Crippen LogP contribution in [0, 0.1) is 0 Å². The molecule has 0 aliphatic heterocycles. The Balaban J connectivity index is 1.49. The summed E-state index contributed by atoms with van der Waals surface area (Å²) < 4.78 is 1.89. The second kappa shape index (κ2) is 8.87. The van der Waals surface area contributed by atoms with Crippen molar-refractivity contribution in [3.63, 3.8) is 0 Å². The molecule has 0 saturated carbocycles. The fourth-order valence-corrected chi connectivity index (χ4v) is 5.14. The number of benzene rings is 4. The molecule has 4 nitrogen and oxygen atoms in total. The number of halogens is 2. The molecule has 4 aromatic carbocycles. The van der Waals surface area contributed by atoms with Gasteiger partial charge in [0.25, 0.3) is 11.8 Å². The monoisotopic (exact) mass is 490 g/mol. The summed E-state index contributed by atoms with van der Waals surface area (Å²) in [6, 6.07) is 25.3. The van der Waals surface area contributed by atoms with Gasteiger partial charge in [0.2, 0.25) is 0 Å². The Morgan fingerprint density at radius 1 is 0.606 bits per heavy atom. The van der Waals surface area contributed by atoms with Crippen molar-refractivity contribution < 1.29 is 9.59 Å². The number of amides is 2. The third kappa shape index (κ3) is 4.31. The highest BCUT2D eigenvalue weighted by Gasteiger charge is 2.15. The summed E-state index contributed by atoms with van der Waals surface area (Å²) in [5.74, 6) is -0.459. The molecular weight excluding hydrogens is 475 g/mol. The molecule has 5 aromatic rings. The number of thiophene rings is 1. The van der Waals surface area contributed by atoms with Crippen LogP contribution in [0.1, 0.15) is 20.7 Å². The molecule has 1 aromatic heterocycles. The van der Waals surface area contributed by atoms with Gasteiger partial charge in [-0.05, 0) is 48.5 Å². The summed E-state index contributed by atoms with van der Waals surface area (Å²) in [7, 11) is 0. The molecular formula is C26H16Cl2N2O2S. The number of nitrogens with one attached hydrogen (secondary N) is 2. The van der Waals surface area contributed by atoms with E-state index in [1.54, 1.807) is 24.3 Å². The lowest BCUT2D eigenvalue weighted by Gasteiger charge is -2.08. The number of carbonyl (C=O) groups excluding carboxylic acids is 2. The molecule has 7 heteroatoms. The first kappa shape index (κ1) is 21.5. The van der Waals surface area contributed by atoms with Crippen LogP contribution in [0.15, 0.2) is 84.9 Å². The topological polar surface area (TPSA) is 58.2 Å². The van der Waals surface area contributed by atoms with Crippen LogP contribution in [0.3, 0.4) is 0 Å². The molecule has 0 aliphatic carbocycles. The summed E-state index contributed by atoms with van der Waals surface area (Å²) in [5, 5.41) is 8.50. The standard InChI is InChI=1S/C26H16Cl2N2O2S/c27-19-11-17-18-12-20(28)22(30-26(32)16-9-5-2-6-10-16)14-24(18)33-23(17)13-21(19)29-25(31)15-7-3-1-4-8-15/h1-14H,(H,29,31)(H,30,32). The van der Waals surface area contributed by atoms with E-state index < -0.39 is 0 Å². The van der Waals surface area contributed by atoms with Gasteiger partial charge >= 0.3 is 0 Å². The summed E-state index contributed by atoms with van der Waals surface area (Å²) in [6.45, 7) is 0. The van der Waals surface area contributed by atoms with E-state index in [0.717, 1.165) is 20.2 Å². The third-order valence-electron chi connectivity index (χ3n) is 5.22. The van der Waals surface area contributed by atoms with Crippen molar-refractivity contribution >= 4 is 77.9 Å². The van der Waals surface area contributed by atoms with Gasteiger partial charge in [-0.2, -0.15) is 0 Å². The van der Waals surface area contributed by atoms with E-state index in [-0.39, 0.29) is 11.8 Å². The van der Waals surface area contributed by atoms with Gasteiger partial charge in [-0.25, -0.2) is 0 Å². The Morgan fingerprint density at radius 2 is 1.00 bits per heavy atom. The maximum atomic E-state index is 12.6. The van der Waals surface area contributed by atoms with Crippen LogP contribution in [0.2, 0.25) is 10.0 Å². The summed E-state index contributed by atoms with van der Waals surface area (Å²) in [4.78, 5) is 25.1. The van der Waals surface area contributed by atoms with Crippen molar-refractivity contribution in [2.24, 2.45) is 0 Å². The quantitative estimate of drug-likeness (QED) is 0.269. The molecule has 5 rings (SSSR count). The van der Waals surface area contributed by atoms with E-state index in [4.69, 9.17) is 23.2 Å². The van der Waals surface area contributed by atoms with Crippen LogP contribution in [-0.4, -0.2) is 11.8 Å². The molecule has 2 amide bonds. The second-order valence-corrected chi connectivity index (χ2v) is 9.30. The van der Waals surface area contributed by atoms with Gasteiger partial charge in [-0.15, -0.1) is 11.3 Å².